The maximum Gasteiger partial charge on any atom is 0.311 e. The molecule has 0 amide bonds. The van der Waals surface area contributed by atoms with Crippen molar-refractivity contribution in [3.8, 4) is 0 Å². The van der Waals surface area contributed by atoms with E-state index < -0.39 is 0 Å². The molecule has 0 saturated carbocycles. The van der Waals surface area contributed by atoms with Gasteiger partial charge in [-0.05, 0) is 30.5 Å². The standard InChI is InChI=1S/C17H17N5O2S/c1-11-4-6-12(7-5-11)19-17-21-14(20-16(18)22-17)10-24-15(23)9-13-3-2-8-25-13/h2-8H,9-10H2,1H3,(H3,18,19,20,21,22). The number of carbonyl (C=O) groups is 1. The van der Waals surface area contributed by atoms with Crippen LogP contribution in [0.15, 0.2) is 41.8 Å². The van der Waals surface area contributed by atoms with Gasteiger partial charge in [0, 0.05) is 10.6 Å². The second-order valence-corrected chi connectivity index (χ2v) is 6.37. The van der Waals surface area contributed by atoms with Crippen LogP contribution >= 0.6 is 11.3 Å². The number of nitrogen functional groups attached to an aromatic ring is 1. The van der Waals surface area contributed by atoms with Crippen molar-refractivity contribution in [2.24, 2.45) is 0 Å². The Balaban J connectivity index is 1.62. The summed E-state index contributed by atoms with van der Waals surface area (Å²) in [4.78, 5) is 25.1. The van der Waals surface area contributed by atoms with Gasteiger partial charge in [0.2, 0.25) is 11.9 Å². The van der Waals surface area contributed by atoms with Crippen LogP contribution in [0.1, 0.15) is 16.3 Å². The number of nitrogens with one attached hydrogen (secondary N) is 1. The minimum absolute atomic E-state index is 0.0560. The molecule has 128 valence electrons. The normalized spacial score (nSPS) is 10.4. The van der Waals surface area contributed by atoms with Gasteiger partial charge in [0.1, 0.15) is 0 Å². The number of esters is 1. The molecule has 1 aromatic carbocycles. The minimum Gasteiger partial charge on any atom is -0.457 e. The van der Waals surface area contributed by atoms with Crippen LogP contribution in [-0.4, -0.2) is 20.9 Å². The van der Waals surface area contributed by atoms with E-state index in [9.17, 15) is 4.79 Å². The van der Waals surface area contributed by atoms with Crippen molar-refractivity contribution in [1.29, 1.82) is 0 Å². The van der Waals surface area contributed by atoms with Gasteiger partial charge in [-0.1, -0.05) is 23.8 Å². The van der Waals surface area contributed by atoms with Crippen molar-refractivity contribution in [2.45, 2.75) is 20.0 Å². The van der Waals surface area contributed by atoms with Crippen LogP contribution in [-0.2, 0) is 22.6 Å². The second kappa shape index (κ2) is 7.71. The number of benzene rings is 1. The summed E-state index contributed by atoms with van der Waals surface area (Å²) in [7, 11) is 0. The number of aromatic nitrogens is 3. The lowest BCUT2D eigenvalue weighted by molar-refractivity contribution is -0.144. The largest absolute Gasteiger partial charge is 0.457 e. The first kappa shape index (κ1) is 16.8. The van der Waals surface area contributed by atoms with Crippen molar-refractivity contribution in [3.05, 3.63) is 58.0 Å². The third-order valence-electron chi connectivity index (χ3n) is 3.27. The van der Waals surface area contributed by atoms with Crippen molar-refractivity contribution in [1.82, 2.24) is 15.0 Å². The third-order valence-corrected chi connectivity index (χ3v) is 4.14. The van der Waals surface area contributed by atoms with Crippen molar-refractivity contribution in [3.63, 3.8) is 0 Å². The monoisotopic (exact) mass is 355 g/mol. The molecule has 0 aliphatic carbocycles. The molecule has 0 atom stereocenters. The molecule has 3 aromatic rings. The summed E-state index contributed by atoms with van der Waals surface area (Å²) in [6, 6.07) is 11.5. The first-order valence-corrected chi connectivity index (χ1v) is 8.48. The smallest absolute Gasteiger partial charge is 0.311 e. The summed E-state index contributed by atoms with van der Waals surface area (Å²) < 4.78 is 5.21. The topological polar surface area (TPSA) is 103 Å². The molecule has 2 heterocycles. The summed E-state index contributed by atoms with van der Waals surface area (Å²) >= 11 is 1.51. The summed E-state index contributed by atoms with van der Waals surface area (Å²) in [5, 5.41) is 4.97. The van der Waals surface area contributed by atoms with E-state index in [1.807, 2.05) is 48.7 Å². The van der Waals surface area contributed by atoms with Crippen LogP contribution in [0.2, 0.25) is 0 Å². The fraction of sp³-hybridized carbons (Fsp3) is 0.176. The molecular weight excluding hydrogens is 338 g/mol. The molecule has 0 aliphatic heterocycles. The van der Waals surface area contributed by atoms with Gasteiger partial charge >= 0.3 is 5.97 Å². The van der Waals surface area contributed by atoms with Gasteiger partial charge in [-0.25, -0.2) is 0 Å². The van der Waals surface area contributed by atoms with E-state index in [-0.39, 0.29) is 24.9 Å². The van der Waals surface area contributed by atoms with Gasteiger partial charge in [-0.15, -0.1) is 11.3 Å². The summed E-state index contributed by atoms with van der Waals surface area (Å²) in [5.41, 5.74) is 7.69. The van der Waals surface area contributed by atoms with Crippen LogP contribution in [0.25, 0.3) is 0 Å². The number of ether oxygens (including phenoxy) is 1. The summed E-state index contributed by atoms with van der Waals surface area (Å²) in [6.07, 6.45) is 0.229. The van der Waals surface area contributed by atoms with Crippen LogP contribution in [0.4, 0.5) is 17.6 Å². The van der Waals surface area contributed by atoms with Gasteiger partial charge in [-0.3, -0.25) is 4.79 Å². The van der Waals surface area contributed by atoms with Crippen LogP contribution in [0, 0.1) is 6.92 Å². The molecule has 3 N–H and O–H groups in total. The highest BCUT2D eigenvalue weighted by atomic mass is 32.1. The molecule has 7 nitrogen and oxygen atoms in total. The average Bonchev–Trinajstić information content (AvgIpc) is 3.08. The van der Waals surface area contributed by atoms with Crippen LogP contribution < -0.4 is 11.1 Å². The molecule has 0 bridgehead atoms. The third kappa shape index (κ3) is 4.98. The van der Waals surface area contributed by atoms with Gasteiger partial charge < -0.3 is 15.8 Å². The number of carbonyl (C=O) groups excluding carboxylic acids is 1. The van der Waals surface area contributed by atoms with Gasteiger partial charge in [0.15, 0.2) is 12.4 Å². The number of nitrogens with zero attached hydrogens (tertiary/aromatic N) is 3. The quantitative estimate of drug-likeness (QED) is 0.655. The Labute approximate surface area is 148 Å². The molecule has 0 unspecified atom stereocenters. The predicted molar refractivity (Wildman–Crippen MR) is 96.5 cm³/mol. The minimum atomic E-state index is -0.338. The number of aryl methyl sites for hydroxylation is 1. The lowest BCUT2D eigenvalue weighted by Gasteiger charge is -2.08. The van der Waals surface area contributed by atoms with Gasteiger partial charge in [-0.2, -0.15) is 15.0 Å². The van der Waals surface area contributed by atoms with Crippen molar-refractivity contribution in [2.75, 3.05) is 11.1 Å². The van der Waals surface area contributed by atoms with E-state index in [1.54, 1.807) is 0 Å². The van der Waals surface area contributed by atoms with Gasteiger partial charge in [0.05, 0.1) is 6.42 Å². The first-order valence-electron chi connectivity index (χ1n) is 7.60. The summed E-state index contributed by atoms with van der Waals surface area (Å²) in [6.45, 7) is 1.95. The number of rotatable bonds is 6. The van der Waals surface area contributed by atoms with E-state index in [0.717, 1.165) is 16.1 Å². The van der Waals surface area contributed by atoms with Gasteiger partial charge in [0.25, 0.3) is 0 Å². The number of thiophene rings is 1. The lowest BCUT2D eigenvalue weighted by Crippen LogP contribution is -2.12. The number of hydrogen-bond acceptors (Lipinski definition) is 8. The molecule has 0 radical (unpaired) electrons. The summed E-state index contributed by atoms with van der Waals surface area (Å²) in [5.74, 6) is 0.325. The molecule has 8 heteroatoms. The predicted octanol–water partition coefficient (Wildman–Crippen LogP) is 2.85. The number of hydrogen-bond donors (Lipinski definition) is 2. The van der Waals surface area contributed by atoms with E-state index in [0.29, 0.717) is 11.8 Å². The first-order chi connectivity index (χ1) is 12.1. The highest BCUT2D eigenvalue weighted by molar-refractivity contribution is 7.10. The molecule has 0 fully saturated rings. The Bertz CT molecular complexity index is 850. The molecule has 0 aliphatic rings. The van der Waals surface area contributed by atoms with E-state index >= 15 is 0 Å². The molecule has 3 rings (SSSR count). The average molecular weight is 355 g/mol. The Kier molecular flexibility index (Phi) is 5.20. The fourth-order valence-electron chi connectivity index (χ4n) is 2.08. The van der Waals surface area contributed by atoms with E-state index in [1.165, 1.54) is 11.3 Å². The molecular formula is C17H17N5O2S. The Hall–Kier alpha value is -3.00. The lowest BCUT2D eigenvalue weighted by atomic mass is 10.2. The second-order valence-electron chi connectivity index (χ2n) is 5.34. The number of nitrogens with two attached hydrogens (primary N) is 1. The fourth-order valence-corrected chi connectivity index (χ4v) is 2.77. The van der Waals surface area contributed by atoms with Crippen molar-refractivity contribution < 1.29 is 9.53 Å². The Morgan fingerprint density at radius 1 is 1.20 bits per heavy atom. The SMILES string of the molecule is Cc1ccc(Nc2nc(N)nc(COC(=O)Cc3cccs3)n2)cc1. The molecule has 0 spiro atoms. The highest BCUT2D eigenvalue weighted by Gasteiger charge is 2.10. The van der Waals surface area contributed by atoms with Crippen LogP contribution in [0.5, 0.6) is 0 Å². The zero-order valence-corrected chi connectivity index (χ0v) is 14.4. The maximum atomic E-state index is 11.8. The Morgan fingerprint density at radius 2 is 2.00 bits per heavy atom. The van der Waals surface area contributed by atoms with Crippen LogP contribution in [0.3, 0.4) is 0 Å². The highest BCUT2D eigenvalue weighted by Crippen LogP contribution is 2.15. The van der Waals surface area contributed by atoms with E-state index in [2.05, 4.69) is 20.3 Å². The molecule has 0 saturated heterocycles. The molecule has 25 heavy (non-hydrogen) atoms. The van der Waals surface area contributed by atoms with E-state index in [4.69, 9.17) is 10.5 Å². The zero-order chi connectivity index (χ0) is 17.6. The maximum absolute atomic E-state index is 11.8. The number of anilines is 3. The zero-order valence-electron chi connectivity index (χ0n) is 13.6. The van der Waals surface area contributed by atoms with Crippen molar-refractivity contribution >= 4 is 34.9 Å². The Morgan fingerprint density at radius 3 is 2.72 bits per heavy atom. The molecule has 2 aromatic heterocycles.